The van der Waals surface area contributed by atoms with Crippen LogP contribution in [0, 0.1) is 5.92 Å². The van der Waals surface area contributed by atoms with Gasteiger partial charge in [-0.25, -0.2) is 0 Å². The second kappa shape index (κ2) is 14.2. The van der Waals surface area contributed by atoms with E-state index in [1.54, 1.807) is 14.2 Å². The molecule has 1 aromatic rings. The maximum absolute atomic E-state index is 5.40. The highest BCUT2D eigenvalue weighted by atomic mass is 127. The molecule has 1 atom stereocenters. The topological polar surface area (TPSA) is 54.9 Å². The number of aliphatic imine (C=N–C) groups is 1. The number of rotatable bonds is 10. The summed E-state index contributed by atoms with van der Waals surface area (Å²) >= 11 is 1.81. The van der Waals surface area contributed by atoms with Gasteiger partial charge in [-0.15, -0.1) is 35.3 Å². The van der Waals surface area contributed by atoms with Crippen LogP contribution in [-0.4, -0.2) is 53.0 Å². The Morgan fingerprint density at radius 2 is 2.14 bits per heavy atom. The Bertz CT molecular complexity index is 388. The lowest BCUT2D eigenvalue weighted by Crippen LogP contribution is -2.41. The van der Waals surface area contributed by atoms with E-state index in [4.69, 9.17) is 9.47 Å². The molecule has 0 aromatic carbocycles. The number of halogens is 1. The molecule has 22 heavy (non-hydrogen) atoms. The molecule has 0 radical (unpaired) electrons. The molecule has 1 rings (SSSR count). The average molecular weight is 441 g/mol. The lowest BCUT2D eigenvalue weighted by atomic mass is 10.1. The van der Waals surface area contributed by atoms with Gasteiger partial charge in [-0.2, -0.15) is 0 Å². The van der Waals surface area contributed by atoms with Gasteiger partial charge in [-0.05, 0) is 23.8 Å². The van der Waals surface area contributed by atoms with Crippen molar-refractivity contribution in [2.45, 2.75) is 13.3 Å². The van der Waals surface area contributed by atoms with Gasteiger partial charge in [-0.1, -0.05) is 13.0 Å². The van der Waals surface area contributed by atoms with Crippen LogP contribution in [0.15, 0.2) is 22.5 Å². The quantitative estimate of drug-likeness (QED) is 0.254. The Morgan fingerprint density at radius 3 is 2.77 bits per heavy atom. The Labute approximate surface area is 154 Å². The van der Waals surface area contributed by atoms with E-state index in [0.29, 0.717) is 25.7 Å². The fourth-order valence-electron chi connectivity index (χ4n) is 1.82. The average Bonchev–Trinajstić information content (AvgIpc) is 2.98. The monoisotopic (exact) mass is 441 g/mol. The van der Waals surface area contributed by atoms with Gasteiger partial charge >= 0.3 is 0 Å². The zero-order valence-electron chi connectivity index (χ0n) is 13.6. The van der Waals surface area contributed by atoms with Crippen LogP contribution in [0.25, 0.3) is 0 Å². The smallest absolute Gasteiger partial charge is 0.191 e. The molecule has 1 aromatic heterocycles. The molecule has 0 aliphatic carbocycles. The third-order valence-corrected chi connectivity index (χ3v) is 3.84. The summed E-state index contributed by atoms with van der Waals surface area (Å²) in [6, 6.07) is 4.29. The zero-order chi connectivity index (χ0) is 15.3. The number of nitrogens with zero attached hydrogens (tertiary/aromatic N) is 1. The van der Waals surface area contributed by atoms with E-state index in [2.05, 4.69) is 40.1 Å². The van der Waals surface area contributed by atoms with Gasteiger partial charge in [0.05, 0.1) is 19.8 Å². The summed E-state index contributed by atoms with van der Waals surface area (Å²) in [5.74, 6) is 1.39. The van der Waals surface area contributed by atoms with E-state index in [9.17, 15) is 0 Å². The molecule has 0 amide bonds. The van der Waals surface area contributed by atoms with Crippen molar-refractivity contribution in [3.63, 3.8) is 0 Å². The van der Waals surface area contributed by atoms with Gasteiger partial charge in [0.25, 0.3) is 0 Å². The van der Waals surface area contributed by atoms with E-state index in [-0.39, 0.29) is 24.0 Å². The van der Waals surface area contributed by atoms with Crippen LogP contribution in [0.1, 0.15) is 11.8 Å². The van der Waals surface area contributed by atoms with Gasteiger partial charge in [0.1, 0.15) is 0 Å². The van der Waals surface area contributed by atoms with Gasteiger partial charge in [0, 0.05) is 32.1 Å². The van der Waals surface area contributed by atoms with E-state index in [1.165, 1.54) is 4.88 Å². The fraction of sp³-hybridized carbons (Fsp3) is 0.667. The minimum absolute atomic E-state index is 0. The normalized spacial score (nSPS) is 12.6. The molecule has 1 heterocycles. The standard InChI is InChI=1S/C15H27N3O2S.HI/c1-13(11-14-5-4-10-21-14)12-18-15(16-2)17-6-7-20-9-8-19-3;/h4-5,10,13H,6-9,11-12H2,1-3H3,(H2,16,17,18);1H. The third kappa shape index (κ3) is 10.4. The van der Waals surface area contributed by atoms with Crippen LogP contribution in [0.5, 0.6) is 0 Å². The van der Waals surface area contributed by atoms with Crippen molar-refractivity contribution in [3.8, 4) is 0 Å². The molecular weight excluding hydrogens is 413 g/mol. The number of hydrogen-bond donors (Lipinski definition) is 2. The maximum atomic E-state index is 5.40. The van der Waals surface area contributed by atoms with Crippen molar-refractivity contribution in [2.75, 3.05) is 47.1 Å². The zero-order valence-corrected chi connectivity index (χ0v) is 16.8. The second-order valence-corrected chi connectivity index (χ2v) is 5.91. The number of methoxy groups -OCH3 is 1. The Morgan fingerprint density at radius 1 is 1.32 bits per heavy atom. The van der Waals surface area contributed by atoms with Crippen LogP contribution in [-0.2, 0) is 15.9 Å². The summed E-state index contributed by atoms with van der Waals surface area (Å²) in [6.07, 6.45) is 1.10. The summed E-state index contributed by atoms with van der Waals surface area (Å²) in [5.41, 5.74) is 0. The Kier molecular flexibility index (Phi) is 14.0. The van der Waals surface area contributed by atoms with Crippen molar-refractivity contribution in [2.24, 2.45) is 10.9 Å². The van der Waals surface area contributed by atoms with Crippen molar-refractivity contribution < 1.29 is 9.47 Å². The first-order valence-electron chi connectivity index (χ1n) is 7.29. The van der Waals surface area contributed by atoms with E-state index < -0.39 is 0 Å². The van der Waals surface area contributed by atoms with Crippen molar-refractivity contribution >= 4 is 41.3 Å². The highest BCUT2D eigenvalue weighted by Gasteiger charge is 2.05. The molecule has 7 heteroatoms. The first kappa shape index (κ1) is 21.6. The van der Waals surface area contributed by atoms with Crippen molar-refractivity contribution in [1.82, 2.24) is 10.6 Å². The molecule has 0 saturated heterocycles. The summed E-state index contributed by atoms with van der Waals surface area (Å²) in [4.78, 5) is 5.64. The Balaban J connectivity index is 0.00000441. The number of hydrogen-bond acceptors (Lipinski definition) is 4. The molecule has 2 N–H and O–H groups in total. The minimum Gasteiger partial charge on any atom is -0.382 e. The lowest BCUT2D eigenvalue weighted by molar-refractivity contribution is 0.0733. The number of nitrogens with one attached hydrogen (secondary N) is 2. The van der Waals surface area contributed by atoms with Gasteiger partial charge in [-0.3, -0.25) is 4.99 Å². The van der Waals surface area contributed by atoms with Crippen molar-refractivity contribution in [3.05, 3.63) is 22.4 Å². The Hall–Kier alpha value is -0.380. The van der Waals surface area contributed by atoms with E-state index in [0.717, 1.165) is 25.5 Å². The first-order chi connectivity index (χ1) is 10.3. The van der Waals surface area contributed by atoms with Gasteiger partial charge in [0.15, 0.2) is 5.96 Å². The predicted octanol–water partition coefficient (Wildman–Crippen LogP) is 2.37. The van der Waals surface area contributed by atoms with Crippen LogP contribution in [0.3, 0.4) is 0 Å². The fourth-order valence-corrected chi connectivity index (χ4v) is 2.69. The predicted molar refractivity (Wildman–Crippen MR) is 105 cm³/mol. The molecule has 0 bridgehead atoms. The molecule has 5 nitrogen and oxygen atoms in total. The number of ether oxygens (including phenoxy) is 2. The van der Waals surface area contributed by atoms with Crippen molar-refractivity contribution in [1.29, 1.82) is 0 Å². The van der Waals surface area contributed by atoms with Crippen LogP contribution < -0.4 is 10.6 Å². The maximum Gasteiger partial charge on any atom is 0.191 e. The molecule has 128 valence electrons. The number of guanidine groups is 1. The summed E-state index contributed by atoms with van der Waals surface area (Å²) in [7, 11) is 3.45. The van der Waals surface area contributed by atoms with Gasteiger partial charge < -0.3 is 20.1 Å². The lowest BCUT2D eigenvalue weighted by Gasteiger charge is -2.15. The molecule has 0 spiro atoms. The summed E-state index contributed by atoms with van der Waals surface area (Å²) in [6.45, 7) is 5.79. The first-order valence-corrected chi connectivity index (χ1v) is 8.17. The SMILES string of the molecule is CN=C(NCCOCCOC)NCC(C)Cc1cccs1.I. The molecule has 0 aliphatic heterocycles. The largest absolute Gasteiger partial charge is 0.382 e. The van der Waals surface area contributed by atoms with Crippen LogP contribution in [0.4, 0.5) is 0 Å². The molecule has 0 fully saturated rings. The van der Waals surface area contributed by atoms with E-state index in [1.807, 2.05) is 11.3 Å². The highest BCUT2D eigenvalue weighted by molar-refractivity contribution is 14.0. The van der Waals surface area contributed by atoms with Crippen LogP contribution >= 0.6 is 35.3 Å². The summed E-state index contributed by atoms with van der Waals surface area (Å²) < 4.78 is 10.3. The number of thiophene rings is 1. The third-order valence-electron chi connectivity index (χ3n) is 2.94. The molecule has 1 unspecified atom stereocenters. The highest BCUT2D eigenvalue weighted by Crippen LogP contribution is 2.13. The van der Waals surface area contributed by atoms with E-state index >= 15 is 0 Å². The molecule has 0 saturated carbocycles. The van der Waals surface area contributed by atoms with Crippen LogP contribution in [0.2, 0.25) is 0 Å². The second-order valence-electron chi connectivity index (χ2n) is 4.87. The summed E-state index contributed by atoms with van der Waals surface area (Å²) in [5, 5.41) is 8.71. The molecular formula is C15H28IN3O2S. The molecule has 0 aliphatic rings. The minimum atomic E-state index is 0. The van der Waals surface area contributed by atoms with Gasteiger partial charge in [0.2, 0.25) is 0 Å².